The number of hydrogen-bond donors (Lipinski definition) is 2. The van der Waals surface area contributed by atoms with E-state index in [4.69, 9.17) is 11.6 Å². The number of rotatable bonds is 7. The van der Waals surface area contributed by atoms with Gasteiger partial charge in [-0.1, -0.05) is 60.1 Å². The summed E-state index contributed by atoms with van der Waals surface area (Å²) in [6, 6.07) is 16.1. The van der Waals surface area contributed by atoms with Gasteiger partial charge in [0, 0.05) is 16.6 Å². The molecule has 2 aromatic carbocycles. The largest absolute Gasteiger partial charge is 0.352 e. The van der Waals surface area contributed by atoms with Crippen LogP contribution in [0.15, 0.2) is 54.6 Å². The van der Waals surface area contributed by atoms with Crippen LogP contribution in [0, 0.1) is 0 Å². The standard InChI is InChI=1S/C22H24ClN3O3/c1-15(12-13-16-8-4-3-5-9-16)24-19(27)14-26-20(28)22(2,25-21(26)29)17-10-6-7-11-18(17)23/h3-11,15H,12-14H2,1-2H3,(H,24,27)(H,25,29)/t15-,22-/m1/s1. The van der Waals surface area contributed by atoms with Gasteiger partial charge in [-0.25, -0.2) is 4.79 Å². The Morgan fingerprint density at radius 3 is 2.48 bits per heavy atom. The minimum atomic E-state index is -1.30. The summed E-state index contributed by atoms with van der Waals surface area (Å²) in [6.07, 6.45) is 1.59. The Bertz CT molecular complexity index is 919. The lowest BCUT2D eigenvalue weighted by atomic mass is 9.92. The molecule has 0 unspecified atom stereocenters. The summed E-state index contributed by atoms with van der Waals surface area (Å²) in [5.41, 5.74) is 0.395. The van der Waals surface area contributed by atoms with Crippen LogP contribution in [0.4, 0.5) is 4.79 Å². The summed E-state index contributed by atoms with van der Waals surface area (Å²) >= 11 is 6.21. The van der Waals surface area contributed by atoms with Crippen LogP contribution in [0.2, 0.25) is 5.02 Å². The first-order valence-corrected chi connectivity index (χ1v) is 9.91. The average Bonchev–Trinajstić information content (AvgIpc) is 2.91. The van der Waals surface area contributed by atoms with E-state index in [9.17, 15) is 14.4 Å². The second kappa shape index (κ2) is 8.66. The van der Waals surface area contributed by atoms with E-state index >= 15 is 0 Å². The molecule has 1 saturated heterocycles. The van der Waals surface area contributed by atoms with E-state index in [-0.39, 0.29) is 18.5 Å². The Kier molecular flexibility index (Phi) is 6.23. The van der Waals surface area contributed by atoms with Crippen LogP contribution in [0.3, 0.4) is 0 Å². The average molecular weight is 414 g/mol. The zero-order valence-electron chi connectivity index (χ0n) is 16.4. The topological polar surface area (TPSA) is 78.5 Å². The normalized spacial score (nSPS) is 19.8. The molecule has 2 atom stereocenters. The third-order valence-electron chi connectivity index (χ3n) is 5.11. The predicted octanol–water partition coefficient (Wildman–Crippen LogP) is 3.24. The summed E-state index contributed by atoms with van der Waals surface area (Å²) in [6.45, 7) is 3.16. The van der Waals surface area contributed by atoms with Crippen LogP contribution < -0.4 is 10.6 Å². The van der Waals surface area contributed by atoms with E-state index < -0.39 is 17.5 Å². The van der Waals surface area contributed by atoms with Crippen molar-refractivity contribution in [2.75, 3.05) is 6.54 Å². The molecule has 0 bridgehead atoms. The van der Waals surface area contributed by atoms with Crippen molar-refractivity contribution in [3.8, 4) is 0 Å². The third kappa shape index (κ3) is 4.59. The van der Waals surface area contributed by atoms with Crippen molar-refractivity contribution >= 4 is 29.4 Å². The Balaban J connectivity index is 1.59. The molecule has 4 amide bonds. The Labute approximate surface area is 175 Å². The van der Waals surface area contributed by atoms with Gasteiger partial charge in [0.1, 0.15) is 12.1 Å². The summed E-state index contributed by atoms with van der Waals surface area (Å²) in [5.74, 6) is -0.875. The van der Waals surface area contributed by atoms with Gasteiger partial charge in [-0.15, -0.1) is 0 Å². The van der Waals surface area contributed by atoms with Crippen LogP contribution >= 0.6 is 11.6 Å². The molecule has 0 aliphatic carbocycles. The second-order valence-electron chi connectivity index (χ2n) is 7.42. The SMILES string of the molecule is C[C@H](CCc1ccccc1)NC(=O)CN1C(=O)N[C@](C)(c2ccccc2Cl)C1=O. The maximum Gasteiger partial charge on any atom is 0.325 e. The molecule has 0 aromatic heterocycles. The monoisotopic (exact) mass is 413 g/mol. The Hall–Kier alpha value is -2.86. The summed E-state index contributed by atoms with van der Waals surface area (Å²) in [7, 11) is 0. The van der Waals surface area contributed by atoms with Gasteiger partial charge >= 0.3 is 6.03 Å². The minimum Gasteiger partial charge on any atom is -0.352 e. The Morgan fingerprint density at radius 2 is 1.79 bits per heavy atom. The van der Waals surface area contributed by atoms with Crippen molar-refractivity contribution in [1.29, 1.82) is 0 Å². The van der Waals surface area contributed by atoms with Gasteiger partial charge in [-0.2, -0.15) is 0 Å². The van der Waals surface area contributed by atoms with Crippen LogP contribution in [0.1, 0.15) is 31.4 Å². The first-order valence-electron chi connectivity index (χ1n) is 9.53. The minimum absolute atomic E-state index is 0.0848. The maximum absolute atomic E-state index is 12.9. The molecule has 0 radical (unpaired) electrons. The van der Waals surface area contributed by atoms with Gasteiger partial charge in [0.15, 0.2) is 0 Å². The first-order chi connectivity index (χ1) is 13.8. The van der Waals surface area contributed by atoms with Crippen LogP contribution in [0.25, 0.3) is 0 Å². The van der Waals surface area contributed by atoms with Crippen molar-refractivity contribution in [2.24, 2.45) is 0 Å². The second-order valence-corrected chi connectivity index (χ2v) is 7.83. The molecular formula is C22H24ClN3O3. The number of amides is 4. The quantitative estimate of drug-likeness (QED) is 0.684. The number of halogens is 1. The van der Waals surface area contributed by atoms with Crippen molar-refractivity contribution < 1.29 is 14.4 Å². The molecule has 2 aromatic rings. The molecule has 1 aliphatic rings. The van der Waals surface area contributed by atoms with E-state index in [0.717, 1.165) is 17.7 Å². The number of carbonyl (C=O) groups excluding carboxylic acids is 3. The van der Waals surface area contributed by atoms with E-state index in [0.29, 0.717) is 10.6 Å². The van der Waals surface area contributed by atoms with E-state index in [1.165, 1.54) is 5.56 Å². The molecule has 6 nitrogen and oxygen atoms in total. The van der Waals surface area contributed by atoms with Crippen molar-refractivity contribution in [2.45, 2.75) is 38.3 Å². The van der Waals surface area contributed by atoms with Crippen molar-refractivity contribution in [3.63, 3.8) is 0 Å². The molecule has 0 saturated carbocycles. The summed E-state index contributed by atoms with van der Waals surface area (Å²) < 4.78 is 0. The molecule has 3 rings (SSSR count). The highest BCUT2D eigenvalue weighted by molar-refractivity contribution is 6.32. The molecule has 152 valence electrons. The van der Waals surface area contributed by atoms with Gasteiger partial charge in [0.05, 0.1) is 0 Å². The molecule has 7 heteroatoms. The zero-order chi connectivity index (χ0) is 21.0. The van der Waals surface area contributed by atoms with Crippen LogP contribution in [0.5, 0.6) is 0 Å². The maximum atomic E-state index is 12.9. The first kappa shape index (κ1) is 20.9. The number of imide groups is 1. The van der Waals surface area contributed by atoms with Gasteiger partial charge in [0.25, 0.3) is 5.91 Å². The fraction of sp³-hybridized carbons (Fsp3) is 0.318. The molecule has 2 N–H and O–H groups in total. The number of hydrogen-bond acceptors (Lipinski definition) is 3. The fourth-order valence-electron chi connectivity index (χ4n) is 3.45. The number of benzene rings is 2. The highest BCUT2D eigenvalue weighted by Gasteiger charge is 2.50. The third-order valence-corrected chi connectivity index (χ3v) is 5.44. The molecule has 29 heavy (non-hydrogen) atoms. The molecule has 1 fully saturated rings. The van der Waals surface area contributed by atoms with Gasteiger partial charge in [-0.3, -0.25) is 14.5 Å². The lowest BCUT2D eigenvalue weighted by molar-refractivity contribution is -0.135. The fourth-order valence-corrected chi connectivity index (χ4v) is 3.78. The van der Waals surface area contributed by atoms with E-state index in [1.54, 1.807) is 31.2 Å². The van der Waals surface area contributed by atoms with Crippen LogP contribution in [-0.4, -0.2) is 35.3 Å². The number of nitrogens with one attached hydrogen (secondary N) is 2. The van der Waals surface area contributed by atoms with Crippen molar-refractivity contribution in [1.82, 2.24) is 15.5 Å². The smallest absolute Gasteiger partial charge is 0.325 e. The van der Waals surface area contributed by atoms with Gasteiger partial charge in [-0.05, 0) is 38.3 Å². The summed E-state index contributed by atoms with van der Waals surface area (Å²) in [5, 5.41) is 5.90. The van der Waals surface area contributed by atoms with Gasteiger partial charge < -0.3 is 10.6 Å². The number of nitrogens with zero attached hydrogens (tertiary/aromatic N) is 1. The lowest BCUT2D eigenvalue weighted by Crippen LogP contribution is -2.45. The van der Waals surface area contributed by atoms with E-state index in [1.807, 2.05) is 37.3 Å². The van der Waals surface area contributed by atoms with Crippen molar-refractivity contribution in [3.05, 3.63) is 70.7 Å². The molecular weight excluding hydrogens is 390 g/mol. The number of urea groups is 1. The molecule has 1 aliphatic heterocycles. The summed E-state index contributed by atoms with van der Waals surface area (Å²) in [4.78, 5) is 38.7. The molecule has 1 heterocycles. The highest BCUT2D eigenvalue weighted by atomic mass is 35.5. The van der Waals surface area contributed by atoms with Gasteiger partial charge in [0.2, 0.25) is 5.91 Å². The number of aryl methyl sites for hydroxylation is 1. The highest BCUT2D eigenvalue weighted by Crippen LogP contribution is 2.33. The predicted molar refractivity (Wildman–Crippen MR) is 111 cm³/mol. The Morgan fingerprint density at radius 1 is 1.14 bits per heavy atom. The lowest BCUT2D eigenvalue weighted by Gasteiger charge is -2.23. The zero-order valence-corrected chi connectivity index (χ0v) is 17.2. The van der Waals surface area contributed by atoms with E-state index in [2.05, 4.69) is 10.6 Å². The molecule has 0 spiro atoms. The number of carbonyl (C=O) groups is 3. The van der Waals surface area contributed by atoms with Crippen LogP contribution in [-0.2, 0) is 21.5 Å².